The summed E-state index contributed by atoms with van der Waals surface area (Å²) in [5, 5.41) is 0. The summed E-state index contributed by atoms with van der Waals surface area (Å²) in [6.45, 7) is 9.27. The van der Waals surface area contributed by atoms with Crippen LogP contribution in [0.15, 0.2) is 0 Å². The number of hydrogen-bond acceptors (Lipinski definition) is 2. The number of carbonyl (C=O) groups is 1. The number of Topliss-reactive ketones (excluding diaryl/α,β-unsaturated/α-hetero) is 1. The zero-order valence-corrected chi connectivity index (χ0v) is 9.80. The first-order valence-corrected chi connectivity index (χ1v) is 5.65. The van der Waals surface area contributed by atoms with Crippen LogP contribution >= 0.6 is 0 Å². The summed E-state index contributed by atoms with van der Waals surface area (Å²) in [5.41, 5.74) is -0.184. The van der Waals surface area contributed by atoms with Gasteiger partial charge in [-0.1, -0.05) is 27.7 Å². The van der Waals surface area contributed by atoms with Gasteiger partial charge in [0.15, 0.2) is 0 Å². The zero-order valence-electron chi connectivity index (χ0n) is 9.80. The van der Waals surface area contributed by atoms with Crippen LogP contribution in [0, 0.1) is 11.3 Å². The van der Waals surface area contributed by atoms with Gasteiger partial charge in [-0.2, -0.15) is 0 Å². The number of rotatable bonds is 5. The highest BCUT2D eigenvalue weighted by molar-refractivity contribution is 5.91. The third-order valence-electron chi connectivity index (χ3n) is 3.47. The smallest absolute Gasteiger partial charge is 0.143 e. The Morgan fingerprint density at radius 3 is 2.64 bits per heavy atom. The lowest BCUT2D eigenvalue weighted by molar-refractivity contribution is -0.161. The van der Waals surface area contributed by atoms with Gasteiger partial charge in [-0.05, 0) is 18.8 Å². The van der Waals surface area contributed by atoms with Crippen molar-refractivity contribution in [3.8, 4) is 0 Å². The van der Waals surface area contributed by atoms with E-state index in [-0.39, 0.29) is 11.5 Å². The van der Waals surface area contributed by atoms with Crippen molar-refractivity contribution in [2.45, 2.75) is 53.1 Å². The van der Waals surface area contributed by atoms with Crippen LogP contribution in [0.1, 0.15) is 47.0 Å². The summed E-state index contributed by atoms with van der Waals surface area (Å²) >= 11 is 0. The predicted molar refractivity (Wildman–Crippen MR) is 57.2 cm³/mol. The van der Waals surface area contributed by atoms with E-state index in [9.17, 15) is 4.79 Å². The molecule has 0 heterocycles. The van der Waals surface area contributed by atoms with E-state index in [1.54, 1.807) is 0 Å². The van der Waals surface area contributed by atoms with E-state index >= 15 is 0 Å². The number of carbonyl (C=O) groups excluding carboxylic acids is 1. The van der Waals surface area contributed by atoms with E-state index in [1.807, 2.05) is 6.92 Å². The molecule has 82 valence electrons. The lowest BCUT2D eigenvalue weighted by Gasteiger charge is -2.44. The summed E-state index contributed by atoms with van der Waals surface area (Å²) in [4.78, 5) is 11.4. The van der Waals surface area contributed by atoms with E-state index in [0.29, 0.717) is 18.1 Å². The molecule has 0 aromatic rings. The molecule has 2 unspecified atom stereocenters. The average molecular weight is 198 g/mol. The van der Waals surface area contributed by atoms with Crippen molar-refractivity contribution in [3.63, 3.8) is 0 Å². The first-order valence-electron chi connectivity index (χ1n) is 5.65. The van der Waals surface area contributed by atoms with E-state index in [0.717, 1.165) is 19.4 Å². The molecule has 1 aliphatic carbocycles. The molecule has 1 rings (SSSR count). The molecular formula is C12H22O2. The van der Waals surface area contributed by atoms with Gasteiger partial charge < -0.3 is 4.74 Å². The van der Waals surface area contributed by atoms with Crippen LogP contribution in [0.3, 0.4) is 0 Å². The Bertz CT molecular complexity index is 210. The van der Waals surface area contributed by atoms with Gasteiger partial charge in [-0.25, -0.2) is 0 Å². The summed E-state index contributed by atoms with van der Waals surface area (Å²) in [6.07, 6.45) is 2.80. The van der Waals surface area contributed by atoms with Crippen molar-refractivity contribution < 1.29 is 9.53 Å². The monoisotopic (exact) mass is 198 g/mol. The normalized spacial score (nSPS) is 32.1. The summed E-state index contributed by atoms with van der Waals surface area (Å²) in [7, 11) is 0. The highest BCUT2D eigenvalue weighted by Crippen LogP contribution is 2.42. The fourth-order valence-electron chi connectivity index (χ4n) is 1.79. The van der Waals surface area contributed by atoms with E-state index in [2.05, 4.69) is 20.8 Å². The molecule has 2 nitrogen and oxygen atoms in total. The highest BCUT2D eigenvalue weighted by atomic mass is 16.5. The second-order valence-electron chi connectivity index (χ2n) is 4.94. The maximum Gasteiger partial charge on any atom is 0.143 e. The summed E-state index contributed by atoms with van der Waals surface area (Å²) in [5.74, 6) is 1.05. The van der Waals surface area contributed by atoms with Crippen LogP contribution in [0.5, 0.6) is 0 Å². The van der Waals surface area contributed by atoms with Crippen LogP contribution in [0.25, 0.3) is 0 Å². The van der Waals surface area contributed by atoms with Crippen molar-refractivity contribution in [3.05, 3.63) is 0 Å². The van der Waals surface area contributed by atoms with Gasteiger partial charge in [-0.15, -0.1) is 0 Å². The Labute approximate surface area is 87.0 Å². The Morgan fingerprint density at radius 2 is 2.21 bits per heavy atom. The van der Waals surface area contributed by atoms with Crippen LogP contribution in [-0.2, 0) is 9.53 Å². The van der Waals surface area contributed by atoms with Crippen molar-refractivity contribution in [2.75, 3.05) is 6.61 Å². The van der Waals surface area contributed by atoms with Crippen molar-refractivity contribution >= 4 is 5.78 Å². The Kier molecular flexibility index (Phi) is 3.71. The SMILES string of the molecule is CCC1(C)C(=O)CC1OCCC(C)C. The predicted octanol–water partition coefficient (Wildman–Crippen LogP) is 2.81. The van der Waals surface area contributed by atoms with Crippen molar-refractivity contribution in [1.82, 2.24) is 0 Å². The zero-order chi connectivity index (χ0) is 10.8. The molecule has 14 heavy (non-hydrogen) atoms. The summed E-state index contributed by atoms with van der Waals surface area (Å²) < 4.78 is 5.74. The minimum Gasteiger partial charge on any atom is -0.377 e. The first-order chi connectivity index (χ1) is 6.50. The minimum atomic E-state index is -0.184. The molecule has 0 aromatic heterocycles. The maximum absolute atomic E-state index is 11.4. The molecular weight excluding hydrogens is 176 g/mol. The van der Waals surface area contributed by atoms with Gasteiger partial charge >= 0.3 is 0 Å². The molecule has 1 saturated carbocycles. The van der Waals surface area contributed by atoms with Gasteiger partial charge in [0, 0.05) is 13.0 Å². The molecule has 0 saturated heterocycles. The van der Waals surface area contributed by atoms with Gasteiger partial charge in [0.25, 0.3) is 0 Å². The van der Waals surface area contributed by atoms with Crippen molar-refractivity contribution in [1.29, 1.82) is 0 Å². The topological polar surface area (TPSA) is 26.3 Å². The molecule has 0 aromatic carbocycles. The van der Waals surface area contributed by atoms with Gasteiger partial charge in [0.05, 0.1) is 11.5 Å². The molecule has 0 radical (unpaired) electrons. The standard InChI is InChI=1S/C12H22O2/c1-5-12(4)10(13)8-11(12)14-7-6-9(2)3/h9,11H,5-8H2,1-4H3. The van der Waals surface area contributed by atoms with Crippen LogP contribution in [-0.4, -0.2) is 18.5 Å². The Morgan fingerprint density at radius 1 is 1.57 bits per heavy atom. The second kappa shape index (κ2) is 4.43. The lowest BCUT2D eigenvalue weighted by Crippen LogP contribution is -2.53. The third-order valence-corrected chi connectivity index (χ3v) is 3.47. The van der Waals surface area contributed by atoms with Crippen LogP contribution in [0.2, 0.25) is 0 Å². The maximum atomic E-state index is 11.4. The molecule has 0 spiro atoms. The molecule has 1 aliphatic rings. The molecule has 2 heteroatoms. The van der Waals surface area contributed by atoms with Crippen LogP contribution in [0.4, 0.5) is 0 Å². The number of hydrogen-bond donors (Lipinski definition) is 0. The fraction of sp³-hybridized carbons (Fsp3) is 0.917. The molecule has 0 amide bonds. The fourth-order valence-corrected chi connectivity index (χ4v) is 1.79. The van der Waals surface area contributed by atoms with Gasteiger partial charge in [0.1, 0.15) is 5.78 Å². The third kappa shape index (κ3) is 2.17. The van der Waals surface area contributed by atoms with E-state index in [1.165, 1.54) is 0 Å². The minimum absolute atomic E-state index is 0.179. The molecule has 0 N–H and O–H groups in total. The number of ketones is 1. The second-order valence-corrected chi connectivity index (χ2v) is 4.94. The summed E-state index contributed by atoms with van der Waals surface area (Å²) in [6, 6.07) is 0. The molecule has 1 fully saturated rings. The largest absolute Gasteiger partial charge is 0.377 e. The highest BCUT2D eigenvalue weighted by Gasteiger charge is 2.50. The van der Waals surface area contributed by atoms with E-state index < -0.39 is 0 Å². The first kappa shape index (κ1) is 11.7. The molecule has 0 bridgehead atoms. The van der Waals surface area contributed by atoms with Crippen molar-refractivity contribution in [2.24, 2.45) is 11.3 Å². The average Bonchev–Trinajstić information content (AvgIpc) is 2.15. The Hall–Kier alpha value is -0.370. The lowest BCUT2D eigenvalue weighted by atomic mass is 9.64. The van der Waals surface area contributed by atoms with Gasteiger partial charge in [0.2, 0.25) is 0 Å². The Balaban J connectivity index is 2.30. The molecule has 0 aliphatic heterocycles. The number of ether oxygens (including phenoxy) is 1. The van der Waals surface area contributed by atoms with E-state index in [4.69, 9.17) is 4.74 Å². The van der Waals surface area contributed by atoms with Crippen LogP contribution < -0.4 is 0 Å². The molecule has 2 atom stereocenters. The van der Waals surface area contributed by atoms with Gasteiger partial charge in [-0.3, -0.25) is 4.79 Å². The quantitative estimate of drug-likeness (QED) is 0.679.